The number of carbonyl (C=O) groups is 6. The second kappa shape index (κ2) is 13.9. The van der Waals surface area contributed by atoms with E-state index >= 15 is 0 Å². The lowest BCUT2D eigenvalue weighted by molar-refractivity contribution is -0.260. The fourth-order valence-electron chi connectivity index (χ4n) is 8.23. The van der Waals surface area contributed by atoms with Crippen molar-refractivity contribution in [2.45, 2.75) is 74.4 Å². The molecule has 6 rings (SSSR count). The lowest BCUT2D eigenvalue weighted by atomic mass is 9.56. The number of phenolic OH excluding ortho intramolecular Hbond substituents is 2. The molecule has 1 saturated heterocycles. The molecule has 1 fully saturated rings. The number of Topliss-reactive ketones (excluding diaryl/α,β-unsaturated/α-hetero) is 3. The van der Waals surface area contributed by atoms with Crippen molar-refractivity contribution < 1.29 is 90.8 Å². The summed E-state index contributed by atoms with van der Waals surface area (Å²) in [6.45, 7) is 2.66. The second-order valence-corrected chi connectivity index (χ2v) is 13.6. The molecule has 7 N–H and O–H groups in total. The highest BCUT2D eigenvalue weighted by Crippen LogP contribution is 2.58. The van der Waals surface area contributed by atoms with Crippen LogP contribution in [0.5, 0.6) is 11.5 Å². The third-order valence-electron chi connectivity index (χ3n) is 10.9. The number of nitrogens with one attached hydrogen (secondary N) is 1. The number of aromatic hydroxyl groups is 2. The Bertz CT molecular complexity index is 2200. The predicted molar refractivity (Wildman–Crippen MR) is 180 cm³/mol. The molecule has 0 aromatic heterocycles. The van der Waals surface area contributed by atoms with Gasteiger partial charge in [-0.2, -0.15) is 13.2 Å². The highest BCUT2D eigenvalue weighted by Gasteiger charge is 2.73. The number of phenols is 2. The molecule has 1 aliphatic heterocycles. The van der Waals surface area contributed by atoms with Gasteiger partial charge in [0.2, 0.25) is 17.3 Å². The number of esters is 2. The van der Waals surface area contributed by atoms with Crippen molar-refractivity contribution in [3.63, 3.8) is 0 Å². The Morgan fingerprint density at radius 1 is 0.965 bits per heavy atom. The number of alkyl halides is 3. The molecule has 0 saturated carbocycles. The summed E-state index contributed by atoms with van der Waals surface area (Å²) >= 11 is 0. The molecule has 21 heteroatoms. The number of anilines is 1. The number of nitrogen functional groups attached to an aromatic ring is 1. The largest absolute Gasteiger partial charge is 0.507 e. The smallest absolute Gasteiger partial charge is 0.490 e. The minimum Gasteiger partial charge on any atom is -0.507 e. The summed E-state index contributed by atoms with van der Waals surface area (Å²) in [6, 6.07) is 0.695. The van der Waals surface area contributed by atoms with Crippen molar-refractivity contribution in [1.82, 2.24) is 5.32 Å². The zero-order valence-corrected chi connectivity index (χ0v) is 30.7. The number of nitrogens with two attached hydrogens (primary N) is 1. The maximum atomic E-state index is 14.7. The summed E-state index contributed by atoms with van der Waals surface area (Å²) in [5.41, 5.74) is -6.22. The molecule has 0 amide bonds. The molecule has 4 aliphatic rings. The molecule has 0 radical (unpaired) electrons. The average molecular weight is 809 g/mol. The van der Waals surface area contributed by atoms with Gasteiger partial charge in [-0.1, -0.05) is 0 Å². The van der Waals surface area contributed by atoms with Gasteiger partial charge in [0, 0.05) is 56.2 Å². The van der Waals surface area contributed by atoms with E-state index in [9.17, 15) is 62.4 Å². The highest BCUT2D eigenvalue weighted by molar-refractivity contribution is 6.31. The van der Waals surface area contributed by atoms with Crippen molar-refractivity contribution in [2.75, 3.05) is 34.2 Å². The number of methoxy groups -OCH3 is 4. The first-order chi connectivity index (χ1) is 26.6. The van der Waals surface area contributed by atoms with E-state index in [0.717, 1.165) is 28.4 Å². The fraction of sp³-hybridized carbons (Fsp3) is 0.444. The number of hydrogen-bond acceptors (Lipinski definition) is 18. The number of benzene rings is 2. The quantitative estimate of drug-likeness (QED) is 0.126. The molecular formula is C36H35F3N2O16. The van der Waals surface area contributed by atoms with Gasteiger partial charge in [-0.05, 0) is 31.0 Å². The van der Waals surface area contributed by atoms with Gasteiger partial charge in [-0.3, -0.25) is 19.2 Å². The Labute approximate surface area is 319 Å². The molecule has 0 unspecified atom stereocenters. The first kappa shape index (κ1) is 41.2. The van der Waals surface area contributed by atoms with Crippen molar-refractivity contribution in [1.29, 1.82) is 0 Å². The molecule has 57 heavy (non-hydrogen) atoms. The molecule has 3 aliphatic carbocycles. The number of allylic oxidation sites excluding steroid dienone is 2. The van der Waals surface area contributed by atoms with E-state index < -0.39 is 146 Å². The number of carbonyl (C=O) groups excluding carboxylic acids is 6. The normalized spacial score (nSPS) is 29.4. The average Bonchev–Trinajstić information content (AvgIpc) is 3.14. The molecule has 8 atom stereocenters. The molecule has 1 heterocycles. The Morgan fingerprint density at radius 3 is 2.16 bits per heavy atom. The number of rotatable bonds is 7. The van der Waals surface area contributed by atoms with Gasteiger partial charge in [0.05, 0.1) is 36.1 Å². The van der Waals surface area contributed by atoms with E-state index in [2.05, 4.69) is 5.32 Å². The summed E-state index contributed by atoms with van der Waals surface area (Å²) < 4.78 is 70.8. The number of aliphatic hydroxyl groups is 2. The molecule has 2 aromatic rings. The van der Waals surface area contributed by atoms with Gasteiger partial charge in [0.15, 0.2) is 29.3 Å². The van der Waals surface area contributed by atoms with Gasteiger partial charge in [-0.15, -0.1) is 0 Å². The van der Waals surface area contributed by atoms with Crippen LogP contribution in [-0.4, -0.2) is 132 Å². The van der Waals surface area contributed by atoms with Crippen LogP contribution in [0.3, 0.4) is 0 Å². The minimum atomic E-state index is -5.42. The lowest BCUT2D eigenvalue weighted by Crippen LogP contribution is -2.73. The van der Waals surface area contributed by atoms with E-state index in [-0.39, 0.29) is 16.8 Å². The van der Waals surface area contributed by atoms with Crippen LogP contribution >= 0.6 is 0 Å². The van der Waals surface area contributed by atoms with Crippen LogP contribution in [0.15, 0.2) is 17.8 Å². The number of aliphatic hydroxyl groups excluding tert-OH is 1. The van der Waals surface area contributed by atoms with Gasteiger partial charge in [-0.25, -0.2) is 9.59 Å². The first-order valence-corrected chi connectivity index (χ1v) is 16.8. The standard InChI is InChI=1S/C36H35F3N2O16/c1-10-18(32(49)54-5)25(46)21-14(22(10)40)8-17(43)35(55-6)30(48)20-13(29(47)34(21,35)51)7-12-19(24(20)45)16(42)9-15(23(12)44)41-31-28(53-4)27(26(52-3)11(2)56-31)57-33(50)36(37,38)39/h7,9,11,17,26-28,31,41,43,45-46,51H,8,40H2,1-6H3/t11-,17+,26+,27+,28+,31-,34-,35+/m0/s1. The molecule has 306 valence electrons. The third-order valence-corrected chi connectivity index (χ3v) is 10.9. The van der Waals surface area contributed by atoms with E-state index in [1.807, 2.05) is 0 Å². The second-order valence-electron chi connectivity index (χ2n) is 13.6. The number of fused-ring (bicyclic) bond motifs is 5. The fourth-order valence-corrected chi connectivity index (χ4v) is 8.23. The summed E-state index contributed by atoms with van der Waals surface area (Å²) in [5.74, 6) is -11.4. The molecule has 18 nitrogen and oxygen atoms in total. The first-order valence-electron chi connectivity index (χ1n) is 16.8. The Morgan fingerprint density at radius 2 is 1.60 bits per heavy atom. The zero-order valence-electron chi connectivity index (χ0n) is 30.7. The molecule has 0 bridgehead atoms. The third kappa shape index (κ3) is 5.55. The predicted octanol–water partition coefficient (Wildman–Crippen LogP) is 0.445. The lowest BCUT2D eigenvalue weighted by Gasteiger charge is -2.53. The van der Waals surface area contributed by atoms with Crippen LogP contribution < -0.4 is 11.1 Å². The van der Waals surface area contributed by atoms with Crippen molar-refractivity contribution in [2.24, 2.45) is 0 Å². The van der Waals surface area contributed by atoms with Crippen molar-refractivity contribution in [3.05, 3.63) is 62.3 Å². The topological polar surface area (TPSA) is 277 Å². The van der Waals surface area contributed by atoms with Crippen LogP contribution in [0, 0.1) is 6.92 Å². The summed E-state index contributed by atoms with van der Waals surface area (Å²) in [4.78, 5) is 81.6. The monoisotopic (exact) mass is 808 g/mol. The molecule has 0 spiro atoms. The van der Waals surface area contributed by atoms with Gasteiger partial charge in [0.1, 0.15) is 29.3 Å². The maximum absolute atomic E-state index is 14.7. The number of ketones is 4. The van der Waals surface area contributed by atoms with Crippen LogP contribution in [0.4, 0.5) is 18.9 Å². The van der Waals surface area contributed by atoms with Gasteiger partial charge >= 0.3 is 18.1 Å². The summed E-state index contributed by atoms with van der Waals surface area (Å²) in [6.07, 6.45) is -15.0. The van der Waals surface area contributed by atoms with E-state index in [0.29, 0.717) is 12.1 Å². The Hall–Kier alpha value is -5.45. The van der Waals surface area contributed by atoms with Crippen molar-refractivity contribution >= 4 is 40.8 Å². The number of halogens is 3. The Kier molecular flexibility index (Phi) is 10.0. The minimum absolute atomic E-state index is 0.0638. The number of hydrogen-bond donors (Lipinski definition) is 6. The van der Waals surface area contributed by atoms with Crippen LogP contribution in [0.25, 0.3) is 0 Å². The zero-order chi connectivity index (χ0) is 42.4. The van der Waals surface area contributed by atoms with Gasteiger partial charge < -0.3 is 59.9 Å². The van der Waals surface area contributed by atoms with Crippen LogP contribution in [-0.2, 0) is 45.2 Å². The summed E-state index contributed by atoms with van der Waals surface area (Å²) in [7, 11) is 3.93. The van der Waals surface area contributed by atoms with E-state index in [4.69, 9.17) is 34.2 Å². The summed E-state index contributed by atoms with van der Waals surface area (Å²) in [5, 5.41) is 49.6. The van der Waals surface area contributed by atoms with E-state index in [1.54, 1.807) is 0 Å². The molecular weight excluding hydrogens is 773 g/mol. The maximum Gasteiger partial charge on any atom is 0.490 e. The SMILES string of the molecule is COC(=O)c1c(C)c(N)c2c(c1O)[C@]1(O)C(=O)c3cc4c(c(O)c3C(=O)[C@]1(OC)[C@H](O)C2)C(=O)C=C(N[C@H]1O[C@@H](C)[C@@H](OC)[C@@H](OC(=O)C(F)(F)F)[C@H]1OC)C4=O. The van der Waals surface area contributed by atoms with Gasteiger partial charge in [0.25, 0.3) is 0 Å². The van der Waals surface area contributed by atoms with Crippen molar-refractivity contribution in [3.8, 4) is 11.5 Å². The van der Waals surface area contributed by atoms with Crippen LogP contribution in [0.1, 0.15) is 75.4 Å². The number of ether oxygens (including phenoxy) is 6. The Balaban J connectivity index is 1.48. The van der Waals surface area contributed by atoms with Crippen LogP contribution in [0.2, 0.25) is 0 Å². The van der Waals surface area contributed by atoms with E-state index in [1.165, 1.54) is 13.8 Å². The molecule has 2 aromatic carbocycles. The highest BCUT2D eigenvalue weighted by atomic mass is 19.4.